The Kier molecular flexibility index (Phi) is 5.45. The van der Waals surface area contributed by atoms with Crippen molar-refractivity contribution in [2.24, 2.45) is 10.2 Å². The van der Waals surface area contributed by atoms with E-state index in [2.05, 4.69) is 43.8 Å². The summed E-state index contributed by atoms with van der Waals surface area (Å²) in [5, 5.41) is 9.80. The maximum Gasteiger partial charge on any atom is 0.303 e. The van der Waals surface area contributed by atoms with Gasteiger partial charge < -0.3 is 9.47 Å². The van der Waals surface area contributed by atoms with Gasteiger partial charge in [0.1, 0.15) is 6.67 Å². The number of rotatable bonds is 4. The molecule has 0 saturated heterocycles. The number of carbonyl (C=O) groups excluding carboxylic acids is 1. The van der Waals surface area contributed by atoms with Gasteiger partial charge in [0.2, 0.25) is 0 Å². The topological polar surface area (TPSA) is 99.4 Å². The summed E-state index contributed by atoms with van der Waals surface area (Å²) in [6.45, 7) is 0.384. The van der Waals surface area contributed by atoms with Gasteiger partial charge in [0.05, 0.1) is 23.1 Å². The van der Waals surface area contributed by atoms with Crippen LogP contribution < -0.4 is 9.62 Å². The maximum absolute atomic E-state index is 12.9. The molecule has 1 aliphatic carbocycles. The Labute approximate surface area is 210 Å². The highest BCUT2D eigenvalue weighted by Gasteiger charge is 2.29. The van der Waals surface area contributed by atoms with Crippen molar-refractivity contribution in [1.29, 1.82) is 0 Å². The van der Waals surface area contributed by atoms with Gasteiger partial charge in [0, 0.05) is 30.6 Å². The minimum Gasteiger partial charge on any atom is -0.312 e. The van der Waals surface area contributed by atoms with Crippen molar-refractivity contribution in [3.63, 3.8) is 0 Å². The third kappa shape index (κ3) is 3.72. The van der Waals surface area contributed by atoms with Crippen molar-refractivity contribution in [3.8, 4) is 11.3 Å². The maximum atomic E-state index is 12.9. The second kappa shape index (κ2) is 8.56. The molecule has 0 bridgehead atoms. The van der Waals surface area contributed by atoms with Crippen molar-refractivity contribution in [3.05, 3.63) is 59.4 Å². The van der Waals surface area contributed by atoms with Crippen molar-refractivity contribution < 1.29 is 13.2 Å². The lowest BCUT2D eigenvalue weighted by Crippen LogP contribution is -2.39. The Morgan fingerprint density at radius 2 is 1.89 bits per heavy atom. The minimum atomic E-state index is -3.91. The fraction of sp³-hybridized carbons (Fsp3) is 0.346. The second-order valence-corrected chi connectivity index (χ2v) is 11.6. The van der Waals surface area contributed by atoms with Crippen LogP contribution in [0.4, 0.5) is 5.69 Å². The molecule has 6 rings (SSSR count). The zero-order chi connectivity index (χ0) is 25.0. The predicted octanol–water partition coefficient (Wildman–Crippen LogP) is 4.89. The predicted molar refractivity (Wildman–Crippen MR) is 140 cm³/mol. The Morgan fingerprint density at radius 1 is 1.08 bits per heavy atom. The van der Waals surface area contributed by atoms with Crippen molar-refractivity contribution in [2.45, 2.75) is 38.0 Å². The molecule has 1 aromatic heterocycles. The first-order chi connectivity index (χ1) is 17.3. The van der Waals surface area contributed by atoms with Crippen molar-refractivity contribution in [1.82, 2.24) is 13.6 Å². The van der Waals surface area contributed by atoms with E-state index in [1.807, 2.05) is 17.2 Å². The number of aromatic nitrogens is 1. The van der Waals surface area contributed by atoms with E-state index in [1.54, 1.807) is 12.1 Å². The van der Waals surface area contributed by atoms with E-state index in [4.69, 9.17) is 0 Å². The molecule has 36 heavy (non-hydrogen) atoms. The molecular formula is C26H28N6O3S. The Balaban J connectivity index is 1.52. The minimum absolute atomic E-state index is 0.264. The van der Waals surface area contributed by atoms with Crippen LogP contribution >= 0.6 is 0 Å². The largest absolute Gasteiger partial charge is 0.312 e. The van der Waals surface area contributed by atoms with Crippen LogP contribution in [0.25, 0.3) is 28.4 Å². The molecule has 186 valence electrons. The first-order valence-corrected chi connectivity index (χ1v) is 13.7. The highest BCUT2D eigenvalue weighted by atomic mass is 32.2. The molecule has 1 N–H and O–H groups in total. The lowest BCUT2D eigenvalue weighted by Gasteiger charge is -2.22. The van der Waals surface area contributed by atoms with Gasteiger partial charge in [-0.3, -0.25) is 4.79 Å². The number of azo groups is 1. The van der Waals surface area contributed by atoms with E-state index in [-0.39, 0.29) is 5.56 Å². The summed E-state index contributed by atoms with van der Waals surface area (Å²) in [6.07, 6.45) is 8.20. The van der Waals surface area contributed by atoms with E-state index in [9.17, 15) is 13.2 Å². The lowest BCUT2D eigenvalue weighted by molar-refractivity contribution is 0.0979. The van der Waals surface area contributed by atoms with Crippen LogP contribution in [0.15, 0.2) is 58.5 Å². The molecule has 2 aliphatic heterocycles. The normalized spacial score (nSPS) is 17.5. The number of nitrogens with zero attached hydrogens (tertiary/aromatic N) is 5. The smallest absolute Gasteiger partial charge is 0.303 e. The third-order valence-corrected chi connectivity index (χ3v) is 8.79. The van der Waals surface area contributed by atoms with Crippen LogP contribution in [0.1, 0.15) is 53.9 Å². The van der Waals surface area contributed by atoms with E-state index in [0.29, 0.717) is 12.6 Å². The molecule has 0 spiro atoms. The van der Waals surface area contributed by atoms with Crippen LogP contribution in [0.5, 0.6) is 0 Å². The SMILES string of the molecule is CN(C)S(=O)(=O)NC(=O)c1ccc2c(c1)-c1cc3c(C4CCCCC4)cccc3n1C=C1N=NCN12. The summed E-state index contributed by atoms with van der Waals surface area (Å²) in [5.74, 6) is 0.588. The van der Waals surface area contributed by atoms with E-state index in [0.717, 1.165) is 32.6 Å². The van der Waals surface area contributed by atoms with Crippen LogP contribution in [0, 0.1) is 0 Å². The molecular weight excluding hydrogens is 476 g/mol. The monoisotopic (exact) mass is 504 g/mol. The molecule has 0 radical (unpaired) electrons. The Bertz CT molecular complexity index is 1550. The fourth-order valence-corrected chi connectivity index (χ4v) is 6.01. The van der Waals surface area contributed by atoms with Gasteiger partial charge in [-0.05, 0) is 54.7 Å². The highest BCUT2D eigenvalue weighted by molar-refractivity contribution is 7.87. The molecule has 10 heteroatoms. The fourth-order valence-electron chi connectivity index (χ4n) is 5.48. The van der Waals surface area contributed by atoms with Gasteiger partial charge in [0.25, 0.3) is 5.91 Å². The second-order valence-electron chi connectivity index (χ2n) is 9.76. The molecule has 0 atom stereocenters. The van der Waals surface area contributed by atoms with Gasteiger partial charge in [-0.2, -0.15) is 17.8 Å². The first kappa shape index (κ1) is 22.9. The van der Waals surface area contributed by atoms with Crippen LogP contribution in [-0.4, -0.2) is 44.0 Å². The summed E-state index contributed by atoms with van der Waals surface area (Å²) in [4.78, 5) is 14.9. The third-order valence-electron chi connectivity index (χ3n) is 7.39. The van der Waals surface area contributed by atoms with Crippen LogP contribution in [0.2, 0.25) is 0 Å². The van der Waals surface area contributed by atoms with Gasteiger partial charge in [-0.1, -0.05) is 31.4 Å². The number of fused-ring (bicyclic) bond motifs is 7. The van der Waals surface area contributed by atoms with Crippen molar-refractivity contribution in [2.75, 3.05) is 25.7 Å². The molecule has 3 heterocycles. The number of nitrogens with one attached hydrogen (secondary N) is 1. The number of amides is 1. The van der Waals surface area contributed by atoms with Crippen LogP contribution in [-0.2, 0) is 10.2 Å². The number of benzene rings is 2. The molecule has 1 saturated carbocycles. The average Bonchev–Trinajstić information content (AvgIpc) is 3.46. The van der Waals surface area contributed by atoms with Crippen molar-refractivity contribution >= 4 is 38.9 Å². The van der Waals surface area contributed by atoms with Gasteiger partial charge in [-0.15, -0.1) is 5.11 Å². The highest BCUT2D eigenvalue weighted by Crippen LogP contribution is 2.44. The van der Waals surface area contributed by atoms with E-state index < -0.39 is 16.1 Å². The molecule has 3 aromatic rings. The Hall–Kier alpha value is -3.50. The number of anilines is 1. The summed E-state index contributed by atoms with van der Waals surface area (Å²) in [7, 11) is -1.15. The summed E-state index contributed by atoms with van der Waals surface area (Å²) < 4.78 is 29.7. The molecule has 1 fully saturated rings. The lowest BCUT2D eigenvalue weighted by atomic mass is 9.83. The molecule has 9 nitrogen and oxygen atoms in total. The average molecular weight is 505 g/mol. The molecule has 2 aromatic carbocycles. The van der Waals surface area contributed by atoms with Gasteiger partial charge in [0.15, 0.2) is 5.82 Å². The number of carbonyl (C=O) groups is 1. The van der Waals surface area contributed by atoms with E-state index >= 15 is 0 Å². The van der Waals surface area contributed by atoms with E-state index in [1.165, 1.54) is 57.1 Å². The quantitative estimate of drug-likeness (QED) is 0.547. The number of hydrogen-bond donors (Lipinski definition) is 1. The molecule has 0 unspecified atom stereocenters. The first-order valence-electron chi connectivity index (χ1n) is 12.2. The molecule has 3 aliphatic rings. The Morgan fingerprint density at radius 3 is 2.67 bits per heavy atom. The standard InChI is InChI=1S/C26H28N6O3S/c1-30(2)36(34,35)29-26(33)18-11-12-23-21(13-18)24-14-20-19(17-7-4-3-5-8-17)9-6-10-22(20)31(24)15-25-28-27-16-32(23)25/h6,9-15,17H,3-5,7-8,16H2,1-2H3,(H,29,33). The zero-order valence-corrected chi connectivity index (χ0v) is 21.1. The van der Waals surface area contributed by atoms with Crippen LogP contribution in [0.3, 0.4) is 0 Å². The zero-order valence-electron chi connectivity index (χ0n) is 20.3. The van der Waals surface area contributed by atoms with Gasteiger partial charge >= 0.3 is 10.2 Å². The summed E-state index contributed by atoms with van der Waals surface area (Å²) in [5.41, 5.74) is 5.35. The summed E-state index contributed by atoms with van der Waals surface area (Å²) >= 11 is 0. The number of hydrogen-bond acceptors (Lipinski definition) is 6. The van der Waals surface area contributed by atoms with Gasteiger partial charge in [-0.25, -0.2) is 4.72 Å². The summed E-state index contributed by atoms with van der Waals surface area (Å²) in [6, 6.07) is 13.9. The molecule has 1 amide bonds.